The van der Waals surface area contributed by atoms with Gasteiger partial charge in [-0.3, -0.25) is 9.59 Å². The Labute approximate surface area is 208 Å². The number of carbonyl (C=O) groups is 2. The number of piperidine rings is 1. The van der Waals surface area contributed by atoms with E-state index in [4.69, 9.17) is 5.11 Å². The van der Waals surface area contributed by atoms with E-state index in [1.807, 2.05) is 18.4 Å². The summed E-state index contributed by atoms with van der Waals surface area (Å²) in [4.78, 5) is 27.3. The number of amides is 1. The van der Waals surface area contributed by atoms with Gasteiger partial charge in [-0.05, 0) is 87.2 Å². The van der Waals surface area contributed by atoms with Crippen molar-refractivity contribution in [1.29, 1.82) is 0 Å². The Kier molecular flexibility index (Phi) is 11.1. The molecule has 6 heteroatoms. The summed E-state index contributed by atoms with van der Waals surface area (Å²) in [5.41, 5.74) is 2.61. The molecule has 186 valence electrons. The maximum atomic E-state index is 12.7. The van der Waals surface area contributed by atoms with Gasteiger partial charge in [0.15, 0.2) is 0 Å². The van der Waals surface area contributed by atoms with Crippen LogP contribution in [0.5, 0.6) is 0 Å². The van der Waals surface area contributed by atoms with Crippen molar-refractivity contribution < 1.29 is 14.7 Å². The minimum atomic E-state index is -0.855. The van der Waals surface area contributed by atoms with Crippen molar-refractivity contribution in [2.24, 2.45) is 0 Å². The number of nitrogens with one attached hydrogen (secondary N) is 1. The molecule has 0 spiro atoms. The average Bonchev–Trinajstić information content (AvgIpc) is 3.27. The van der Waals surface area contributed by atoms with Gasteiger partial charge in [0.2, 0.25) is 5.91 Å². The molecule has 0 aliphatic carbocycles. The molecule has 1 fully saturated rings. The lowest BCUT2D eigenvalue weighted by Crippen LogP contribution is -2.33. The molecule has 0 bridgehead atoms. The van der Waals surface area contributed by atoms with Gasteiger partial charge in [-0.25, -0.2) is 0 Å². The number of carboxylic acids is 1. The number of hydrogen-bond acceptors (Lipinski definition) is 4. The highest BCUT2D eigenvalue weighted by molar-refractivity contribution is 7.10. The first kappa shape index (κ1) is 26.4. The van der Waals surface area contributed by atoms with Crippen molar-refractivity contribution in [1.82, 2.24) is 10.2 Å². The molecule has 1 aromatic carbocycles. The van der Waals surface area contributed by atoms with Gasteiger partial charge in [0.1, 0.15) is 0 Å². The third kappa shape index (κ3) is 8.88. The van der Waals surface area contributed by atoms with Gasteiger partial charge >= 0.3 is 5.97 Å². The highest BCUT2D eigenvalue weighted by Crippen LogP contribution is 2.29. The van der Waals surface area contributed by atoms with Crippen LogP contribution in [-0.4, -0.2) is 48.1 Å². The third-order valence-electron chi connectivity index (χ3n) is 6.87. The van der Waals surface area contributed by atoms with Crippen LogP contribution in [0.15, 0.2) is 41.8 Å². The molecule has 2 aromatic rings. The van der Waals surface area contributed by atoms with E-state index in [0.29, 0.717) is 13.0 Å². The molecular weight excluding hydrogens is 444 g/mol. The summed E-state index contributed by atoms with van der Waals surface area (Å²) in [6.45, 7) is 6.28. The SMILES string of the molecule is Cc1csc(C(CCC(=O)O)C(=O)NCCCCCCCN2CCC(c3ccccc3)CC2)c1. The van der Waals surface area contributed by atoms with Gasteiger partial charge in [0.05, 0.1) is 5.92 Å². The molecule has 3 rings (SSSR count). The Balaban J connectivity index is 1.24. The van der Waals surface area contributed by atoms with Crippen LogP contribution < -0.4 is 5.32 Å². The van der Waals surface area contributed by atoms with E-state index in [2.05, 4.69) is 40.5 Å². The lowest BCUT2D eigenvalue weighted by Gasteiger charge is -2.32. The summed E-state index contributed by atoms with van der Waals surface area (Å²) in [6, 6.07) is 12.9. The molecule has 1 amide bonds. The lowest BCUT2D eigenvalue weighted by atomic mass is 9.89. The number of likely N-dealkylation sites (tertiary alicyclic amines) is 1. The van der Waals surface area contributed by atoms with E-state index in [9.17, 15) is 9.59 Å². The zero-order valence-electron chi connectivity index (χ0n) is 20.5. The summed E-state index contributed by atoms with van der Waals surface area (Å²) in [6.07, 6.45) is 8.67. The Bertz CT molecular complexity index is 875. The second kappa shape index (κ2) is 14.3. The van der Waals surface area contributed by atoms with Crippen LogP contribution in [0.4, 0.5) is 0 Å². The third-order valence-corrected chi connectivity index (χ3v) is 8.03. The molecule has 0 saturated carbocycles. The Morgan fingerprint density at radius 2 is 1.79 bits per heavy atom. The van der Waals surface area contributed by atoms with Crippen molar-refractivity contribution in [2.75, 3.05) is 26.2 Å². The Morgan fingerprint density at radius 1 is 1.09 bits per heavy atom. The summed E-state index contributed by atoms with van der Waals surface area (Å²) in [5, 5.41) is 14.1. The summed E-state index contributed by atoms with van der Waals surface area (Å²) < 4.78 is 0. The number of hydrogen-bond donors (Lipinski definition) is 2. The van der Waals surface area contributed by atoms with E-state index in [1.165, 1.54) is 57.3 Å². The van der Waals surface area contributed by atoms with Crippen LogP contribution in [-0.2, 0) is 9.59 Å². The fourth-order valence-corrected chi connectivity index (χ4v) is 5.88. The maximum absolute atomic E-state index is 12.7. The van der Waals surface area contributed by atoms with Crippen molar-refractivity contribution in [3.05, 3.63) is 57.8 Å². The number of carboxylic acid groups (broad SMARTS) is 1. The molecule has 1 atom stereocenters. The van der Waals surface area contributed by atoms with Crippen LogP contribution in [0.25, 0.3) is 0 Å². The number of aryl methyl sites for hydroxylation is 1. The predicted octanol–water partition coefficient (Wildman–Crippen LogP) is 5.95. The fraction of sp³-hybridized carbons (Fsp3) is 0.571. The van der Waals surface area contributed by atoms with Crippen LogP contribution >= 0.6 is 11.3 Å². The summed E-state index contributed by atoms with van der Waals surface area (Å²) >= 11 is 1.54. The summed E-state index contributed by atoms with van der Waals surface area (Å²) in [5.74, 6) is -0.533. The van der Waals surface area contributed by atoms with E-state index in [-0.39, 0.29) is 18.2 Å². The minimum Gasteiger partial charge on any atom is -0.481 e. The average molecular weight is 485 g/mol. The molecule has 0 radical (unpaired) electrons. The predicted molar refractivity (Wildman–Crippen MR) is 140 cm³/mol. The van der Waals surface area contributed by atoms with E-state index >= 15 is 0 Å². The van der Waals surface area contributed by atoms with Gasteiger partial charge in [-0.1, -0.05) is 49.6 Å². The van der Waals surface area contributed by atoms with Crippen molar-refractivity contribution in [2.45, 2.75) is 76.5 Å². The van der Waals surface area contributed by atoms with Crippen LogP contribution in [0.3, 0.4) is 0 Å². The first-order valence-corrected chi connectivity index (χ1v) is 13.7. The molecule has 1 unspecified atom stereocenters. The van der Waals surface area contributed by atoms with Crippen molar-refractivity contribution in [3.63, 3.8) is 0 Å². The topological polar surface area (TPSA) is 69.6 Å². The first-order valence-electron chi connectivity index (χ1n) is 12.8. The molecule has 2 N–H and O–H groups in total. The van der Waals surface area contributed by atoms with E-state index in [1.54, 1.807) is 11.3 Å². The molecule has 2 heterocycles. The number of unbranched alkanes of at least 4 members (excludes halogenated alkanes) is 4. The Morgan fingerprint density at radius 3 is 2.47 bits per heavy atom. The summed E-state index contributed by atoms with van der Waals surface area (Å²) in [7, 11) is 0. The zero-order chi connectivity index (χ0) is 24.2. The molecule has 1 aromatic heterocycles. The van der Waals surface area contributed by atoms with Crippen molar-refractivity contribution >= 4 is 23.2 Å². The number of aliphatic carboxylic acids is 1. The van der Waals surface area contributed by atoms with Gasteiger partial charge in [-0.15, -0.1) is 11.3 Å². The molecule has 5 nitrogen and oxygen atoms in total. The van der Waals surface area contributed by atoms with Gasteiger partial charge in [0, 0.05) is 17.8 Å². The van der Waals surface area contributed by atoms with E-state index in [0.717, 1.165) is 29.2 Å². The molecule has 1 saturated heterocycles. The number of thiophene rings is 1. The highest BCUT2D eigenvalue weighted by atomic mass is 32.1. The monoisotopic (exact) mass is 484 g/mol. The Hall–Kier alpha value is -2.18. The fourth-order valence-electron chi connectivity index (χ4n) is 4.85. The molecular formula is C28H40N2O3S. The normalized spacial score (nSPS) is 15.8. The minimum absolute atomic E-state index is 0.0129. The zero-order valence-corrected chi connectivity index (χ0v) is 21.3. The van der Waals surface area contributed by atoms with Crippen molar-refractivity contribution in [3.8, 4) is 0 Å². The smallest absolute Gasteiger partial charge is 0.303 e. The number of benzene rings is 1. The standard InChI is InChI=1S/C28H40N2O3S/c1-22-20-26(34-21-22)25(12-13-27(31)32)28(33)29-16-8-3-2-4-9-17-30-18-14-24(15-19-30)23-10-6-5-7-11-23/h5-7,10-11,20-21,24-25H,2-4,8-9,12-19H2,1H3,(H,29,33)(H,31,32). The number of rotatable bonds is 14. The van der Waals surface area contributed by atoms with Crippen LogP contribution in [0.2, 0.25) is 0 Å². The van der Waals surface area contributed by atoms with Gasteiger partial charge in [0.25, 0.3) is 0 Å². The van der Waals surface area contributed by atoms with Crippen LogP contribution in [0.1, 0.15) is 85.6 Å². The van der Waals surface area contributed by atoms with E-state index < -0.39 is 5.97 Å². The van der Waals surface area contributed by atoms with Crippen LogP contribution in [0, 0.1) is 6.92 Å². The van der Waals surface area contributed by atoms with Gasteiger partial charge < -0.3 is 15.3 Å². The highest BCUT2D eigenvalue weighted by Gasteiger charge is 2.23. The van der Waals surface area contributed by atoms with Gasteiger partial charge in [-0.2, -0.15) is 0 Å². The first-order chi connectivity index (χ1) is 16.5. The molecule has 1 aliphatic rings. The second-order valence-corrected chi connectivity index (χ2v) is 10.5. The molecule has 1 aliphatic heterocycles. The quantitative estimate of drug-likeness (QED) is 0.325. The lowest BCUT2D eigenvalue weighted by molar-refractivity contribution is -0.137. The number of nitrogens with zero attached hydrogens (tertiary/aromatic N) is 1. The maximum Gasteiger partial charge on any atom is 0.303 e. The molecule has 34 heavy (non-hydrogen) atoms. The largest absolute Gasteiger partial charge is 0.481 e. The number of carbonyl (C=O) groups excluding carboxylic acids is 1. The second-order valence-electron chi connectivity index (χ2n) is 9.60.